The van der Waals surface area contributed by atoms with Crippen LogP contribution in [0.2, 0.25) is 0 Å². The third kappa shape index (κ3) is 12.3. The van der Waals surface area contributed by atoms with Crippen LogP contribution in [0.1, 0.15) is 45.1 Å². The Balaban J connectivity index is 3.09. The Labute approximate surface area is 227 Å². The van der Waals surface area contributed by atoms with E-state index in [0.717, 1.165) is 0 Å². The van der Waals surface area contributed by atoms with Gasteiger partial charge in [0.05, 0.1) is 12.5 Å². The highest BCUT2D eigenvalue weighted by Gasteiger charge is 2.31. The number of amides is 4. The number of carboxylic acid groups (broad SMARTS) is 1. The van der Waals surface area contributed by atoms with Crippen molar-refractivity contribution in [3.05, 3.63) is 35.9 Å². The number of nitrogens with two attached hydrogens (primary N) is 4. The quantitative estimate of drug-likeness (QED) is 0.0611. The molecular formula is C25H40N8O6. The Hall–Kier alpha value is -4.20. The van der Waals surface area contributed by atoms with E-state index < -0.39 is 60.2 Å². The van der Waals surface area contributed by atoms with Crippen LogP contribution in [0.3, 0.4) is 0 Å². The summed E-state index contributed by atoms with van der Waals surface area (Å²) in [5.74, 6) is -4.80. The van der Waals surface area contributed by atoms with Crippen LogP contribution in [0.25, 0.3) is 0 Å². The summed E-state index contributed by atoms with van der Waals surface area (Å²) in [6.07, 6.45) is 0.338. The molecule has 0 aliphatic carbocycles. The summed E-state index contributed by atoms with van der Waals surface area (Å²) in [4.78, 5) is 66.1. The van der Waals surface area contributed by atoms with Crippen molar-refractivity contribution in [2.24, 2.45) is 33.8 Å². The van der Waals surface area contributed by atoms with Crippen LogP contribution < -0.4 is 38.9 Å². The summed E-state index contributed by atoms with van der Waals surface area (Å²) in [7, 11) is 0. The van der Waals surface area contributed by atoms with E-state index >= 15 is 0 Å². The van der Waals surface area contributed by atoms with Gasteiger partial charge >= 0.3 is 5.97 Å². The Bertz CT molecular complexity index is 1020. The summed E-state index contributed by atoms with van der Waals surface area (Å²) in [6.45, 7) is 3.75. The third-order valence-electron chi connectivity index (χ3n) is 6.07. The molecule has 0 radical (unpaired) electrons. The van der Waals surface area contributed by atoms with Crippen molar-refractivity contribution in [2.75, 3.05) is 6.54 Å². The number of rotatable bonds is 17. The average molecular weight is 549 g/mol. The normalized spacial score (nSPS) is 14.5. The van der Waals surface area contributed by atoms with Crippen molar-refractivity contribution in [3.8, 4) is 0 Å². The molecule has 14 heteroatoms. The molecule has 1 aromatic carbocycles. The zero-order valence-electron chi connectivity index (χ0n) is 22.3. The molecule has 12 N–H and O–H groups in total. The first-order valence-electron chi connectivity index (χ1n) is 12.6. The first-order chi connectivity index (χ1) is 18.3. The van der Waals surface area contributed by atoms with Gasteiger partial charge in [-0.3, -0.25) is 24.2 Å². The molecule has 5 atom stereocenters. The molecule has 0 saturated carbocycles. The standard InChI is InChI=1S/C25H40N8O6/c1-3-14(2)20(27)23(37)32-17(13-19(26)34)22(36)31-16(10-7-11-30-25(28)29)21(35)33-18(24(38)39)12-15-8-5-4-6-9-15/h4-6,8-9,14,16-18,20H,3,7,10-13,27H2,1-2H3,(H2,26,34)(H,31,36)(H,32,37)(H,33,35)(H,38,39)(H4,28,29,30). The number of nitrogens with one attached hydrogen (secondary N) is 3. The molecule has 1 aromatic rings. The topological polar surface area (TPSA) is 258 Å². The SMILES string of the molecule is CCC(C)C(N)C(=O)NC(CC(N)=O)C(=O)NC(CCCN=C(N)N)C(=O)NC(Cc1ccccc1)C(=O)O. The monoisotopic (exact) mass is 548 g/mol. The predicted molar refractivity (Wildman–Crippen MR) is 145 cm³/mol. The molecule has 4 amide bonds. The number of primary amides is 1. The molecule has 14 nitrogen and oxygen atoms in total. The highest BCUT2D eigenvalue weighted by molar-refractivity contribution is 5.96. The van der Waals surface area contributed by atoms with Gasteiger partial charge in [-0.1, -0.05) is 50.6 Å². The predicted octanol–water partition coefficient (Wildman–Crippen LogP) is -1.93. The molecule has 0 saturated heterocycles. The van der Waals surface area contributed by atoms with Gasteiger partial charge in [0, 0.05) is 13.0 Å². The Morgan fingerprint density at radius 1 is 0.897 bits per heavy atom. The van der Waals surface area contributed by atoms with Gasteiger partial charge in [0.25, 0.3) is 0 Å². The van der Waals surface area contributed by atoms with Gasteiger partial charge in [0.2, 0.25) is 23.6 Å². The number of nitrogens with zero attached hydrogens (tertiary/aromatic N) is 1. The summed E-state index contributed by atoms with van der Waals surface area (Å²) in [5, 5.41) is 17.0. The molecule has 39 heavy (non-hydrogen) atoms. The number of hydrogen-bond acceptors (Lipinski definition) is 7. The minimum atomic E-state index is -1.40. The van der Waals surface area contributed by atoms with E-state index in [0.29, 0.717) is 12.0 Å². The van der Waals surface area contributed by atoms with Crippen LogP contribution in [-0.4, -0.2) is 71.4 Å². The van der Waals surface area contributed by atoms with Crippen LogP contribution in [0.4, 0.5) is 0 Å². The maximum absolute atomic E-state index is 13.1. The molecule has 0 aromatic heterocycles. The van der Waals surface area contributed by atoms with Gasteiger partial charge in [-0.25, -0.2) is 4.79 Å². The summed E-state index contributed by atoms with van der Waals surface area (Å²) in [6, 6.07) is 3.83. The van der Waals surface area contributed by atoms with Crippen LogP contribution in [0.15, 0.2) is 35.3 Å². The molecule has 1 rings (SSSR count). The minimum absolute atomic E-state index is 0.00440. The first kappa shape index (κ1) is 32.8. The van der Waals surface area contributed by atoms with Gasteiger partial charge in [-0.2, -0.15) is 0 Å². The smallest absolute Gasteiger partial charge is 0.326 e. The third-order valence-corrected chi connectivity index (χ3v) is 6.07. The molecule has 0 fully saturated rings. The highest BCUT2D eigenvalue weighted by Crippen LogP contribution is 2.08. The van der Waals surface area contributed by atoms with Crippen molar-refractivity contribution in [2.45, 2.75) is 70.1 Å². The van der Waals surface area contributed by atoms with Gasteiger partial charge < -0.3 is 44.0 Å². The number of aliphatic carboxylic acids is 1. The van der Waals surface area contributed by atoms with E-state index in [-0.39, 0.29) is 37.7 Å². The Morgan fingerprint density at radius 2 is 1.46 bits per heavy atom. The molecule has 0 aliphatic heterocycles. The molecular weight excluding hydrogens is 508 g/mol. The second-order valence-corrected chi connectivity index (χ2v) is 9.24. The Kier molecular flexibility index (Phi) is 14.0. The number of hydrogen-bond donors (Lipinski definition) is 8. The van der Waals surface area contributed by atoms with Gasteiger partial charge in [0.15, 0.2) is 5.96 Å². The lowest BCUT2D eigenvalue weighted by Crippen LogP contribution is -2.58. The number of benzene rings is 1. The molecule has 0 spiro atoms. The van der Waals surface area contributed by atoms with E-state index in [2.05, 4.69) is 20.9 Å². The zero-order valence-corrected chi connectivity index (χ0v) is 22.3. The second kappa shape index (κ2) is 16.6. The minimum Gasteiger partial charge on any atom is -0.480 e. The fraction of sp³-hybridized carbons (Fsp3) is 0.520. The number of aliphatic imine (C=N–C) groups is 1. The van der Waals surface area contributed by atoms with Crippen LogP contribution in [0.5, 0.6) is 0 Å². The second-order valence-electron chi connectivity index (χ2n) is 9.24. The van der Waals surface area contributed by atoms with Crippen molar-refractivity contribution < 1.29 is 29.1 Å². The maximum atomic E-state index is 13.1. The summed E-state index contributed by atoms with van der Waals surface area (Å²) >= 11 is 0. The number of carbonyl (C=O) groups is 5. The molecule has 0 heterocycles. The maximum Gasteiger partial charge on any atom is 0.326 e. The van der Waals surface area contributed by atoms with Gasteiger partial charge in [-0.05, 0) is 24.3 Å². The van der Waals surface area contributed by atoms with Gasteiger partial charge in [0.1, 0.15) is 18.1 Å². The number of guanidine groups is 1. The molecule has 0 aliphatic rings. The fourth-order valence-electron chi connectivity index (χ4n) is 3.56. The van der Waals surface area contributed by atoms with E-state index in [1.807, 2.05) is 6.92 Å². The summed E-state index contributed by atoms with van der Waals surface area (Å²) < 4.78 is 0. The fourth-order valence-corrected chi connectivity index (χ4v) is 3.56. The largest absolute Gasteiger partial charge is 0.480 e. The van der Waals surface area contributed by atoms with Crippen molar-refractivity contribution in [1.29, 1.82) is 0 Å². The van der Waals surface area contributed by atoms with Crippen molar-refractivity contribution >= 4 is 35.6 Å². The van der Waals surface area contributed by atoms with Crippen molar-refractivity contribution in [3.63, 3.8) is 0 Å². The van der Waals surface area contributed by atoms with E-state index in [9.17, 15) is 29.1 Å². The van der Waals surface area contributed by atoms with Gasteiger partial charge in [-0.15, -0.1) is 0 Å². The highest BCUT2D eigenvalue weighted by atomic mass is 16.4. The van der Waals surface area contributed by atoms with E-state index in [1.165, 1.54) is 0 Å². The Morgan fingerprint density at radius 3 is 2.00 bits per heavy atom. The molecule has 216 valence electrons. The number of carbonyl (C=O) groups excluding carboxylic acids is 4. The van der Waals surface area contributed by atoms with E-state index in [1.54, 1.807) is 37.3 Å². The average Bonchev–Trinajstić information content (AvgIpc) is 2.88. The van der Waals surface area contributed by atoms with Crippen LogP contribution >= 0.6 is 0 Å². The lowest BCUT2D eigenvalue weighted by atomic mass is 9.99. The lowest BCUT2D eigenvalue weighted by molar-refractivity contribution is -0.142. The van der Waals surface area contributed by atoms with Crippen LogP contribution in [-0.2, 0) is 30.4 Å². The molecule has 0 bridgehead atoms. The lowest BCUT2D eigenvalue weighted by Gasteiger charge is -2.25. The summed E-state index contributed by atoms with van der Waals surface area (Å²) in [5.41, 5.74) is 22.6. The number of carboxylic acids is 1. The molecule has 5 unspecified atom stereocenters. The van der Waals surface area contributed by atoms with E-state index in [4.69, 9.17) is 22.9 Å². The zero-order chi connectivity index (χ0) is 29.5. The first-order valence-corrected chi connectivity index (χ1v) is 12.6. The van der Waals surface area contributed by atoms with Crippen LogP contribution in [0, 0.1) is 5.92 Å². The van der Waals surface area contributed by atoms with Crippen molar-refractivity contribution in [1.82, 2.24) is 16.0 Å².